The number of fused-ring (bicyclic) bond motifs is 1. The summed E-state index contributed by atoms with van der Waals surface area (Å²) in [5, 5.41) is 4.90. The Balaban J connectivity index is 2.24. The molecule has 0 saturated heterocycles. The van der Waals surface area contributed by atoms with E-state index in [1.165, 1.54) is 10.6 Å². The Morgan fingerprint density at radius 3 is 2.59 bits per heavy atom. The van der Waals surface area contributed by atoms with E-state index in [1.807, 2.05) is 12.1 Å². The molecule has 0 aromatic carbocycles. The monoisotopic (exact) mass is 265 g/mol. The predicted molar refractivity (Wildman–Crippen MR) is 64.0 cm³/mol. The average molecular weight is 266 g/mol. The molecule has 0 aliphatic rings. The number of aromatic nitrogens is 5. The van der Waals surface area contributed by atoms with Crippen molar-refractivity contribution in [2.45, 2.75) is 0 Å². The van der Waals surface area contributed by atoms with E-state index in [0.717, 1.165) is 5.56 Å². The van der Waals surface area contributed by atoms with Crippen molar-refractivity contribution >= 4 is 29.0 Å². The van der Waals surface area contributed by atoms with Crippen LogP contribution in [0.25, 0.3) is 17.2 Å². The van der Waals surface area contributed by atoms with Crippen molar-refractivity contribution in [2.75, 3.05) is 0 Å². The zero-order valence-electron chi connectivity index (χ0n) is 8.38. The second kappa shape index (κ2) is 3.94. The van der Waals surface area contributed by atoms with Crippen LogP contribution in [0.4, 0.5) is 0 Å². The van der Waals surface area contributed by atoms with Crippen LogP contribution in [0.2, 0.25) is 10.3 Å². The van der Waals surface area contributed by atoms with Crippen molar-refractivity contribution in [1.29, 1.82) is 0 Å². The van der Waals surface area contributed by atoms with Crippen LogP contribution in [0.1, 0.15) is 0 Å². The molecule has 0 atom stereocenters. The van der Waals surface area contributed by atoms with Crippen molar-refractivity contribution in [1.82, 2.24) is 24.6 Å². The molecule has 3 aromatic rings. The van der Waals surface area contributed by atoms with Crippen LogP contribution in [0, 0.1) is 0 Å². The van der Waals surface area contributed by atoms with Crippen molar-refractivity contribution in [3.63, 3.8) is 0 Å². The number of halogens is 2. The maximum absolute atomic E-state index is 5.99. The van der Waals surface area contributed by atoms with E-state index in [2.05, 4.69) is 20.1 Å². The highest BCUT2D eigenvalue weighted by atomic mass is 35.5. The lowest BCUT2D eigenvalue weighted by molar-refractivity contribution is 0.943. The molecule has 5 nitrogen and oxygen atoms in total. The van der Waals surface area contributed by atoms with Crippen LogP contribution in [0.3, 0.4) is 0 Å². The van der Waals surface area contributed by atoms with Crippen molar-refractivity contribution < 1.29 is 0 Å². The molecule has 0 spiro atoms. The van der Waals surface area contributed by atoms with E-state index in [4.69, 9.17) is 23.2 Å². The molecule has 0 radical (unpaired) electrons. The molecule has 84 valence electrons. The highest BCUT2D eigenvalue weighted by Gasteiger charge is 2.10. The van der Waals surface area contributed by atoms with E-state index in [1.54, 1.807) is 12.4 Å². The van der Waals surface area contributed by atoms with Crippen molar-refractivity contribution in [3.8, 4) is 11.4 Å². The van der Waals surface area contributed by atoms with Crippen LogP contribution in [-0.2, 0) is 0 Å². The average Bonchev–Trinajstić information content (AvgIpc) is 2.74. The van der Waals surface area contributed by atoms with Gasteiger partial charge in [0.25, 0.3) is 5.78 Å². The number of hydrogen-bond donors (Lipinski definition) is 0. The molecule has 0 amide bonds. The Morgan fingerprint density at radius 2 is 1.82 bits per heavy atom. The molecule has 3 aromatic heterocycles. The van der Waals surface area contributed by atoms with Gasteiger partial charge in [0.15, 0.2) is 5.82 Å². The first-order valence-corrected chi connectivity index (χ1v) is 5.49. The van der Waals surface area contributed by atoms with Crippen LogP contribution in [-0.4, -0.2) is 24.6 Å². The zero-order valence-corrected chi connectivity index (χ0v) is 9.89. The van der Waals surface area contributed by atoms with Gasteiger partial charge in [-0.25, -0.2) is 0 Å². The summed E-state index contributed by atoms with van der Waals surface area (Å²) < 4.78 is 1.43. The lowest BCUT2D eigenvalue weighted by atomic mass is 10.3. The van der Waals surface area contributed by atoms with Crippen LogP contribution in [0.5, 0.6) is 0 Å². The molecule has 3 heterocycles. The summed E-state index contributed by atoms with van der Waals surface area (Å²) in [6, 6.07) is 5.13. The first-order chi connectivity index (χ1) is 8.24. The molecule has 0 aliphatic carbocycles. The Bertz CT molecular complexity index is 680. The number of hydrogen-bond acceptors (Lipinski definition) is 4. The van der Waals surface area contributed by atoms with Gasteiger partial charge in [0.2, 0.25) is 0 Å². The summed E-state index contributed by atoms with van der Waals surface area (Å²) in [6.07, 6.45) is 3.34. The molecule has 0 fully saturated rings. The van der Waals surface area contributed by atoms with Gasteiger partial charge in [0.05, 0.1) is 0 Å². The maximum atomic E-state index is 5.99. The van der Waals surface area contributed by atoms with E-state index in [9.17, 15) is 0 Å². The van der Waals surface area contributed by atoms with Gasteiger partial charge in [-0.1, -0.05) is 23.2 Å². The largest absolute Gasteiger partial charge is 0.265 e. The van der Waals surface area contributed by atoms with Gasteiger partial charge in [-0.3, -0.25) is 4.98 Å². The molecular weight excluding hydrogens is 261 g/mol. The summed E-state index contributed by atoms with van der Waals surface area (Å²) in [7, 11) is 0. The highest BCUT2D eigenvalue weighted by Crippen LogP contribution is 2.19. The molecular formula is C10H5Cl2N5. The minimum atomic E-state index is 0.288. The molecule has 0 unspecified atom stereocenters. The van der Waals surface area contributed by atoms with Gasteiger partial charge in [-0.15, -0.1) is 5.10 Å². The van der Waals surface area contributed by atoms with Gasteiger partial charge in [-0.2, -0.15) is 14.5 Å². The fourth-order valence-electron chi connectivity index (χ4n) is 1.43. The Labute approximate surface area is 106 Å². The van der Waals surface area contributed by atoms with Gasteiger partial charge in [0, 0.05) is 24.0 Å². The lowest BCUT2D eigenvalue weighted by Crippen LogP contribution is -1.92. The molecule has 0 bridgehead atoms. The minimum Gasteiger partial charge on any atom is -0.265 e. The van der Waals surface area contributed by atoms with E-state index < -0.39 is 0 Å². The third-order valence-corrected chi connectivity index (χ3v) is 2.64. The fourth-order valence-corrected chi connectivity index (χ4v) is 1.88. The summed E-state index contributed by atoms with van der Waals surface area (Å²) in [5.74, 6) is 0.901. The quantitative estimate of drug-likeness (QED) is 0.635. The third-order valence-electron chi connectivity index (χ3n) is 2.18. The molecule has 17 heavy (non-hydrogen) atoms. The van der Waals surface area contributed by atoms with Gasteiger partial charge >= 0.3 is 0 Å². The zero-order chi connectivity index (χ0) is 11.8. The summed E-state index contributed by atoms with van der Waals surface area (Å²) >= 11 is 11.8. The summed E-state index contributed by atoms with van der Waals surface area (Å²) in [4.78, 5) is 12.2. The highest BCUT2D eigenvalue weighted by molar-refractivity contribution is 6.33. The Morgan fingerprint density at radius 1 is 1.06 bits per heavy atom. The van der Waals surface area contributed by atoms with Crippen molar-refractivity contribution in [3.05, 3.63) is 40.9 Å². The second-order valence-electron chi connectivity index (χ2n) is 3.28. The second-order valence-corrected chi connectivity index (χ2v) is 4.06. The molecule has 3 rings (SSSR count). The fraction of sp³-hybridized carbons (Fsp3) is 0. The van der Waals surface area contributed by atoms with Gasteiger partial charge in [-0.05, 0) is 12.1 Å². The van der Waals surface area contributed by atoms with Crippen LogP contribution < -0.4 is 0 Å². The third kappa shape index (κ3) is 1.83. The van der Waals surface area contributed by atoms with Gasteiger partial charge < -0.3 is 0 Å². The van der Waals surface area contributed by atoms with E-state index in [0.29, 0.717) is 16.8 Å². The van der Waals surface area contributed by atoms with Gasteiger partial charge in [0.1, 0.15) is 10.3 Å². The van der Waals surface area contributed by atoms with E-state index in [-0.39, 0.29) is 5.15 Å². The minimum absolute atomic E-state index is 0.288. The molecule has 0 aliphatic heterocycles. The predicted octanol–water partition coefficient (Wildman–Crippen LogP) is 2.49. The van der Waals surface area contributed by atoms with Crippen LogP contribution in [0.15, 0.2) is 30.6 Å². The number of pyridine rings is 1. The SMILES string of the molecule is Clc1cc(Cl)n2nc(-c3ccncc3)nc2n1. The topological polar surface area (TPSA) is 56.0 Å². The Hall–Kier alpha value is -1.72. The molecule has 0 saturated carbocycles. The summed E-state index contributed by atoms with van der Waals surface area (Å²) in [6.45, 7) is 0. The number of rotatable bonds is 1. The van der Waals surface area contributed by atoms with E-state index >= 15 is 0 Å². The summed E-state index contributed by atoms with van der Waals surface area (Å²) in [5.41, 5.74) is 0.845. The van der Waals surface area contributed by atoms with Crippen molar-refractivity contribution in [2.24, 2.45) is 0 Å². The maximum Gasteiger partial charge on any atom is 0.255 e. The van der Waals surface area contributed by atoms with Crippen LogP contribution >= 0.6 is 23.2 Å². The molecule has 0 N–H and O–H groups in total. The smallest absolute Gasteiger partial charge is 0.255 e. The standard InChI is InChI=1S/C10H5Cl2N5/c11-7-5-8(12)17-10(14-7)15-9(16-17)6-1-3-13-4-2-6/h1-5H. The Kier molecular flexibility index (Phi) is 2.42. The normalized spacial score (nSPS) is 10.9. The lowest BCUT2D eigenvalue weighted by Gasteiger charge is -1.94. The first kappa shape index (κ1) is 10.4. The number of nitrogens with zero attached hydrogens (tertiary/aromatic N) is 5. The first-order valence-electron chi connectivity index (χ1n) is 4.73. The molecule has 7 heteroatoms.